The summed E-state index contributed by atoms with van der Waals surface area (Å²) in [5, 5.41) is 38.7. The highest BCUT2D eigenvalue weighted by Crippen LogP contribution is 2.32. The number of aliphatic hydroxyl groups excluding tert-OH is 4. The highest BCUT2D eigenvalue weighted by atomic mass is 16.7. The second kappa shape index (κ2) is 7.56. The van der Waals surface area contributed by atoms with Gasteiger partial charge in [0.1, 0.15) is 30.6 Å². The lowest BCUT2D eigenvalue weighted by atomic mass is 10.1. The third-order valence-electron chi connectivity index (χ3n) is 4.58. The molecule has 2 saturated heterocycles. The highest BCUT2D eigenvalue weighted by molar-refractivity contribution is 5.02. The lowest BCUT2D eigenvalue weighted by Crippen LogP contribution is -2.55. The lowest BCUT2D eigenvalue weighted by molar-refractivity contribution is -0.286. The summed E-state index contributed by atoms with van der Waals surface area (Å²) in [4.78, 5) is 25.7. The Morgan fingerprint density at radius 3 is 2.73 bits per heavy atom. The Kier molecular flexibility index (Phi) is 5.58. The normalized spacial score (nSPS) is 37.8. The predicted molar refractivity (Wildman–Crippen MR) is 84.3 cm³/mol. The summed E-state index contributed by atoms with van der Waals surface area (Å²) in [6.07, 6.45) is -6.20. The van der Waals surface area contributed by atoms with Gasteiger partial charge in [-0.05, 0) is 6.92 Å². The number of aromatic amines is 1. The fraction of sp³-hybridized carbons (Fsp3) is 0.733. The summed E-state index contributed by atoms with van der Waals surface area (Å²) in [7, 11) is 0. The van der Waals surface area contributed by atoms with E-state index in [1.165, 1.54) is 10.8 Å². The van der Waals surface area contributed by atoms with Crippen LogP contribution in [-0.2, 0) is 14.2 Å². The number of nitrogens with zero attached hydrogens (tertiary/aromatic N) is 1. The third-order valence-corrected chi connectivity index (χ3v) is 4.58. The van der Waals surface area contributed by atoms with Crippen LogP contribution < -0.4 is 11.2 Å². The molecule has 5 N–H and O–H groups in total. The maximum atomic E-state index is 12.0. The van der Waals surface area contributed by atoms with Gasteiger partial charge in [0.05, 0.1) is 19.3 Å². The average molecular weight is 374 g/mol. The number of H-pyrrole nitrogens is 1. The number of aromatic nitrogens is 2. The van der Waals surface area contributed by atoms with Crippen LogP contribution in [0.15, 0.2) is 15.8 Å². The minimum absolute atomic E-state index is 0.141. The number of aryl methyl sites for hydroxylation is 1. The highest BCUT2D eigenvalue weighted by Gasteiger charge is 2.44. The van der Waals surface area contributed by atoms with Crippen molar-refractivity contribution in [3.8, 4) is 0 Å². The number of hydrogen-bond donors (Lipinski definition) is 5. The van der Waals surface area contributed by atoms with Gasteiger partial charge in [0.15, 0.2) is 6.29 Å². The number of hydrogen-bond acceptors (Lipinski definition) is 9. The fourth-order valence-electron chi connectivity index (χ4n) is 3.05. The second-order valence-corrected chi connectivity index (χ2v) is 6.45. The van der Waals surface area contributed by atoms with E-state index in [4.69, 9.17) is 14.2 Å². The molecule has 0 amide bonds. The molecule has 11 heteroatoms. The smallest absolute Gasteiger partial charge is 0.330 e. The molecule has 2 fully saturated rings. The van der Waals surface area contributed by atoms with E-state index in [1.54, 1.807) is 6.92 Å². The molecular weight excluding hydrogens is 352 g/mol. The summed E-state index contributed by atoms with van der Waals surface area (Å²) in [6.45, 7) is 0.911. The van der Waals surface area contributed by atoms with Crippen molar-refractivity contribution in [3.05, 3.63) is 32.6 Å². The Bertz CT molecular complexity index is 747. The maximum Gasteiger partial charge on any atom is 0.330 e. The summed E-state index contributed by atoms with van der Waals surface area (Å²) < 4.78 is 17.6. The van der Waals surface area contributed by atoms with E-state index in [-0.39, 0.29) is 13.0 Å². The SMILES string of the molecule is Cc1cn([C@H]2CC(O[C@@H]3OC[C@@H](O)[C@H](O)C3O)[C@@H](CO)O2)c(=O)[nH]c1=O. The molecule has 26 heavy (non-hydrogen) atoms. The van der Waals surface area contributed by atoms with Crippen LogP contribution in [0.1, 0.15) is 18.2 Å². The first-order valence-corrected chi connectivity index (χ1v) is 8.21. The molecule has 0 spiro atoms. The third kappa shape index (κ3) is 3.60. The molecule has 11 nitrogen and oxygen atoms in total. The van der Waals surface area contributed by atoms with Gasteiger partial charge in [-0.2, -0.15) is 0 Å². The lowest BCUT2D eigenvalue weighted by Gasteiger charge is -2.36. The number of nitrogens with one attached hydrogen (secondary N) is 1. The molecular formula is C15H22N2O9. The minimum Gasteiger partial charge on any atom is -0.394 e. The first kappa shape index (κ1) is 19.2. The Labute approximate surface area is 147 Å². The van der Waals surface area contributed by atoms with Gasteiger partial charge >= 0.3 is 5.69 Å². The molecule has 3 rings (SSSR count). The standard InChI is InChI=1S/C15H22N2O9/c1-6-3-17(15(23)16-13(6)22)10-2-8(9(4-18)25-10)26-14-12(21)11(20)7(19)5-24-14/h3,7-12,14,18-21H,2,4-5H2,1H3,(H,16,22,23)/t7-,8?,9-,10-,11+,12?,14+/m1/s1. The van der Waals surface area contributed by atoms with Gasteiger partial charge in [0.25, 0.3) is 5.56 Å². The van der Waals surface area contributed by atoms with Crippen molar-refractivity contribution in [2.75, 3.05) is 13.2 Å². The Morgan fingerprint density at radius 1 is 1.31 bits per heavy atom. The van der Waals surface area contributed by atoms with Gasteiger partial charge in [0, 0.05) is 18.2 Å². The van der Waals surface area contributed by atoms with E-state index in [1.807, 2.05) is 0 Å². The van der Waals surface area contributed by atoms with Crippen LogP contribution in [-0.4, -0.2) is 80.0 Å². The van der Waals surface area contributed by atoms with Crippen LogP contribution in [0.2, 0.25) is 0 Å². The van der Waals surface area contributed by atoms with Crippen LogP contribution in [0.3, 0.4) is 0 Å². The van der Waals surface area contributed by atoms with E-state index in [0.717, 1.165) is 0 Å². The molecule has 0 radical (unpaired) electrons. The topological polar surface area (TPSA) is 163 Å². The molecule has 2 aliphatic heterocycles. The van der Waals surface area contributed by atoms with E-state index in [9.17, 15) is 30.0 Å². The van der Waals surface area contributed by atoms with Gasteiger partial charge in [0.2, 0.25) is 0 Å². The van der Waals surface area contributed by atoms with Crippen LogP contribution in [0, 0.1) is 6.92 Å². The molecule has 0 aromatic carbocycles. The van der Waals surface area contributed by atoms with Crippen LogP contribution >= 0.6 is 0 Å². The van der Waals surface area contributed by atoms with Crippen molar-refractivity contribution in [2.45, 2.75) is 56.4 Å². The van der Waals surface area contributed by atoms with Gasteiger partial charge in [-0.15, -0.1) is 0 Å². The average Bonchev–Trinajstić information content (AvgIpc) is 3.01. The zero-order chi connectivity index (χ0) is 19.0. The van der Waals surface area contributed by atoms with Crippen LogP contribution in [0.5, 0.6) is 0 Å². The summed E-state index contributed by atoms with van der Waals surface area (Å²) in [6, 6.07) is 0. The van der Waals surface area contributed by atoms with Crippen LogP contribution in [0.25, 0.3) is 0 Å². The second-order valence-electron chi connectivity index (χ2n) is 6.45. The number of ether oxygens (including phenoxy) is 3. The molecule has 0 bridgehead atoms. The first-order chi connectivity index (χ1) is 12.3. The summed E-state index contributed by atoms with van der Waals surface area (Å²) in [5.41, 5.74) is -0.835. The molecule has 1 aromatic heterocycles. The zero-order valence-corrected chi connectivity index (χ0v) is 14.0. The fourth-order valence-corrected chi connectivity index (χ4v) is 3.05. The van der Waals surface area contributed by atoms with E-state index in [2.05, 4.69) is 4.98 Å². The van der Waals surface area contributed by atoms with E-state index in [0.29, 0.717) is 5.56 Å². The molecule has 2 unspecified atom stereocenters. The van der Waals surface area contributed by atoms with Gasteiger partial charge in [-0.3, -0.25) is 14.3 Å². The van der Waals surface area contributed by atoms with Crippen molar-refractivity contribution >= 4 is 0 Å². The molecule has 1 aromatic rings. The summed E-state index contributed by atoms with van der Waals surface area (Å²) >= 11 is 0. The predicted octanol–water partition coefficient (Wildman–Crippen LogP) is -3.05. The first-order valence-electron chi connectivity index (χ1n) is 8.21. The Balaban J connectivity index is 1.75. The Hall–Kier alpha value is -1.60. The molecule has 146 valence electrons. The molecule has 7 atom stereocenters. The molecule has 0 saturated carbocycles. The maximum absolute atomic E-state index is 12.0. The van der Waals surface area contributed by atoms with Crippen molar-refractivity contribution in [3.63, 3.8) is 0 Å². The number of aliphatic hydroxyl groups is 4. The summed E-state index contributed by atoms with van der Waals surface area (Å²) in [5.74, 6) is 0. The zero-order valence-electron chi connectivity index (χ0n) is 14.0. The molecule has 3 heterocycles. The van der Waals surface area contributed by atoms with Crippen molar-refractivity contribution in [1.29, 1.82) is 0 Å². The van der Waals surface area contributed by atoms with Crippen molar-refractivity contribution in [1.82, 2.24) is 9.55 Å². The van der Waals surface area contributed by atoms with Crippen LogP contribution in [0.4, 0.5) is 0 Å². The molecule has 2 aliphatic rings. The van der Waals surface area contributed by atoms with E-state index >= 15 is 0 Å². The number of rotatable bonds is 4. The monoisotopic (exact) mass is 374 g/mol. The molecule has 0 aliphatic carbocycles. The van der Waals surface area contributed by atoms with Gasteiger partial charge in [-0.1, -0.05) is 0 Å². The quantitative estimate of drug-likeness (QED) is 0.368. The van der Waals surface area contributed by atoms with Crippen molar-refractivity contribution in [2.24, 2.45) is 0 Å². The van der Waals surface area contributed by atoms with Gasteiger partial charge in [-0.25, -0.2) is 4.79 Å². The minimum atomic E-state index is -1.48. The van der Waals surface area contributed by atoms with E-state index < -0.39 is 60.9 Å². The largest absolute Gasteiger partial charge is 0.394 e. The van der Waals surface area contributed by atoms with Crippen molar-refractivity contribution < 1.29 is 34.6 Å². The Morgan fingerprint density at radius 2 is 2.04 bits per heavy atom. The van der Waals surface area contributed by atoms with Gasteiger partial charge < -0.3 is 34.6 Å².